The summed E-state index contributed by atoms with van der Waals surface area (Å²) in [6, 6.07) is 3.87. The number of alkyl halides is 2. The van der Waals surface area contributed by atoms with Crippen LogP contribution >= 0.6 is 23.1 Å². The molecule has 0 aliphatic carbocycles. The molecule has 0 radical (unpaired) electrons. The molecule has 0 aliphatic rings. The van der Waals surface area contributed by atoms with Crippen LogP contribution in [0.5, 0.6) is 0 Å². The number of thioether (sulfide) groups is 1. The third-order valence-electron chi connectivity index (χ3n) is 1.83. The summed E-state index contributed by atoms with van der Waals surface area (Å²) < 4.78 is 25.2. The van der Waals surface area contributed by atoms with E-state index in [1.54, 1.807) is 11.3 Å². The second-order valence-electron chi connectivity index (χ2n) is 3.36. The molecule has 17 heavy (non-hydrogen) atoms. The van der Waals surface area contributed by atoms with Crippen molar-refractivity contribution in [2.45, 2.75) is 11.7 Å². The summed E-state index contributed by atoms with van der Waals surface area (Å²) in [5, 5.41) is 12.3. The molecule has 1 amide bonds. The van der Waals surface area contributed by atoms with Crippen molar-refractivity contribution in [1.82, 2.24) is 5.32 Å². The number of carbonyl (C=O) groups is 1. The van der Waals surface area contributed by atoms with E-state index in [0.717, 1.165) is 4.88 Å². The number of nitrogens with one attached hydrogen (secondary N) is 1. The molecule has 0 unspecified atom stereocenters. The summed E-state index contributed by atoms with van der Waals surface area (Å²) in [7, 11) is 0. The van der Waals surface area contributed by atoms with Gasteiger partial charge in [0.25, 0.3) is 5.92 Å². The molecule has 0 saturated carbocycles. The van der Waals surface area contributed by atoms with Gasteiger partial charge in [0.1, 0.15) is 6.61 Å². The number of hydrogen-bond donors (Lipinski definition) is 2. The third kappa shape index (κ3) is 5.99. The van der Waals surface area contributed by atoms with Crippen LogP contribution in [0.2, 0.25) is 0 Å². The molecular weight excluding hydrogens is 268 g/mol. The molecule has 96 valence electrons. The van der Waals surface area contributed by atoms with Crippen LogP contribution in [0.15, 0.2) is 17.5 Å². The lowest BCUT2D eigenvalue weighted by molar-refractivity contribution is -0.121. The predicted octanol–water partition coefficient (Wildman–Crippen LogP) is 1.73. The normalized spacial score (nSPS) is 11.5. The summed E-state index contributed by atoms with van der Waals surface area (Å²) in [5.41, 5.74) is 0. The summed E-state index contributed by atoms with van der Waals surface area (Å²) in [4.78, 5) is 12.3. The first-order valence-corrected chi connectivity index (χ1v) is 6.92. The lowest BCUT2D eigenvalue weighted by Crippen LogP contribution is -2.39. The topological polar surface area (TPSA) is 49.3 Å². The number of thiophene rings is 1. The van der Waals surface area contributed by atoms with E-state index in [2.05, 4.69) is 5.32 Å². The largest absolute Gasteiger partial charge is 0.390 e. The van der Waals surface area contributed by atoms with Crippen LogP contribution in [0, 0.1) is 0 Å². The van der Waals surface area contributed by atoms with Gasteiger partial charge in [0.2, 0.25) is 5.91 Å². The highest BCUT2D eigenvalue weighted by Crippen LogP contribution is 2.16. The van der Waals surface area contributed by atoms with Gasteiger partial charge < -0.3 is 10.4 Å². The lowest BCUT2D eigenvalue weighted by atomic mass is 10.3. The first kappa shape index (κ1) is 14.4. The first-order chi connectivity index (χ1) is 8.03. The van der Waals surface area contributed by atoms with Gasteiger partial charge in [0.05, 0.1) is 12.3 Å². The SMILES string of the molecule is O=C(CSCc1cccs1)NCC(F)(F)CO. The van der Waals surface area contributed by atoms with E-state index in [1.807, 2.05) is 17.5 Å². The zero-order valence-electron chi connectivity index (χ0n) is 8.99. The Morgan fingerprint density at radius 2 is 2.35 bits per heavy atom. The van der Waals surface area contributed by atoms with Gasteiger partial charge in [-0.2, -0.15) is 0 Å². The van der Waals surface area contributed by atoms with Crippen molar-refractivity contribution in [3.63, 3.8) is 0 Å². The fourth-order valence-electron chi connectivity index (χ4n) is 0.974. The maximum Gasteiger partial charge on any atom is 0.287 e. The Hall–Kier alpha value is -0.660. The molecule has 0 atom stereocenters. The summed E-state index contributed by atoms with van der Waals surface area (Å²) >= 11 is 2.96. The molecule has 3 nitrogen and oxygen atoms in total. The van der Waals surface area contributed by atoms with Crippen LogP contribution in [0.3, 0.4) is 0 Å². The van der Waals surface area contributed by atoms with Gasteiger partial charge in [0, 0.05) is 10.6 Å². The Bertz CT molecular complexity index is 344. The fraction of sp³-hybridized carbons (Fsp3) is 0.500. The van der Waals surface area contributed by atoms with Gasteiger partial charge in [-0.3, -0.25) is 4.79 Å². The van der Waals surface area contributed by atoms with Gasteiger partial charge in [0.15, 0.2) is 0 Å². The number of hydrogen-bond acceptors (Lipinski definition) is 4. The maximum atomic E-state index is 12.6. The number of aliphatic hydroxyl groups excluding tert-OH is 1. The molecular formula is C10H13F2NO2S2. The lowest BCUT2D eigenvalue weighted by Gasteiger charge is -2.13. The van der Waals surface area contributed by atoms with Crippen molar-refractivity contribution in [3.8, 4) is 0 Å². The standard InChI is InChI=1S/C10H13F2NO2S2/c11-10(12,7-14)6-13-9(15)5-16-4-8-2-1-3-17-8/h1-3,14H,4-7H2,(H,13,15). The van der Waals surface area contributed by atoms with E-state index in [9.17, 15) is 13.6 Å². The van der Waals surface area contributed by atoms with E-state index in [1.165, 1.54) is 11.8 Å². The highest BCUT2D eigenvalue weighted by molar-refractivity contribution is 7.99. The maximum absolute atomic E-state index is 12.6. The van der Waals surface area contributed by atoms with Gasteiger partial charge in [-0.05, 0) is 11.4 Å². The second kappa shape index (κ2) is 6.93. The van der Waals surface area contributed by atoms with E-state index in [-0.39, 0.29) is 5.75 Å². The van der Waals surface area contributed by atoms with Crippen molar-refractivity contribution in [2.75, 3.05) is 18.9 Å². The van der Waals surface area contributed by atoms with Crippen LogP contribution < -0.4 is 5.32 Å². The molecule has 7 heteroatoms. The molecule has 0 spiro atoms. The predicted molar refractivity (Wildman–Crippen MR) is 65.5 cm³/mol. The molecule has 0 aromatic carbocycles. The van der Waals surface area contributed by atoms with Crippen molar-refractivity contribution in [1.29, 1.82) is 0 Å². The fourth-order valence-corrected chi connectivity index (χ4v) is 2.67. The van der Waals surface area contributed by atoms with E-state index < -0.39 is 25.0 Å². The minimum Gasteiger partial charge on any atom is -0.390 e. The molecule has 1 aromatic rings. The average Bonchev–Trinajstić information content (AvgIpc) is 2.80. The minimum absolute atomic E-state index is 0.138. The third-order valence-corrected chi connectivity index (χ3v) is 3.87. The molecule has 0 saturated heterocycles. The Balaban J connectivity index is 2.13. The summed E-state index contributed by atoms with van der Waals surface area (Å²) in [5.74, 6) is -2.85. The van der Waals surface area contributed by atoms with Crippen LogP contribution in [0.1, 0.15) is 4.88 Å². The highest BCUT2D eigenvalue weighted by Gasteiger charge is 2.27. The van der Waals surface area contributed by atoms with Crippen LogP contribution in [-0.4, -0.2) is 35.8 Å². The minimum atomic E-state index is -3.24. The van der Waals surface area contributed by atoms with Gasteiger partial charge in [-0.15, -0.1) is 23.1 Å². The van der Waals surface area contributed by atoms with Crippen molar-refractivity contribution in [2.24, 2.45) is 0 Å². The molecule has 0 fully saturated rings. The molecule has 0 bridgehead atoms. The van der Waals surface area contributed by atoms with Gasteiger partial charge in [-0.1, -0.05) is 6.07 Å². The van der Waals surface area contributed by atoms with Crippen LogP contribution in [-0.2, 0) is 10.5 Å². The Labute approximate surface area is 106 Å². The second-order valence-corrected chi connectivity index (χ2v) is 5.38. The van der Waals surface area contributed by atoms with Gasteiger partial charge >= 0.3 is 0 Å². The smallest absolute Gasteiger partial charge is 0.287 e. The highest BCUT2D eigenvalue weighted by atomic mass is 32.2. The first-order valence-electron chi connectivity index (χ1n) is 4.89. The van der Waals surface area contributed by atoms with E-state index >= 15 is 0 Å². The number of aliphatic hydroxyl groups is 1. The Kier molecular flexibility index (Phi) is 5.87. The molecule has 2 N–H and O–H groups in total. The zero-order chi connectivity index (χ0) is 12.7. The van der Waals surface area contributed by atoms with E-state index in [0.29, 0.717) is 5.75 Å². The molecule has 1 rings (SSSR count). The van der Waals surface area contributed by atoms with Crippen molar-refractivity contribution >= 4 is 29.0 Å². The Morgan fingerprint density at radius 3 is 2.94 bits per heavy atom. The summed E-state index contributed by atoms with van der Waals surface area (Å²) in [6.45, 7) is -2.07. The van der Waals surface area contributed by atoms with Crippen LogP contribution in [0.25, 0.3) is 0 Å². The summed E-state index contributed by atoms with van der Waals surface area (Å²) in [6.07, 6.45) is 0. The van der Waals surface area contributed by atoms with Crippen molar-refractivity contribution < 1.29 is 18.7 Å². The van der Waals surface area contributed by atoms with Gasteiger partial charge in [-0.25, -0.2) is 8.78 Å². The monoisotopic (exact) mass is 281 g/mol. The molecule has 1 aromatic heterocycles. The number of rotatable bonds is 7. The van der Waals surface area contributed by atoms with E-state index in [4.69, 9.17) is 5.11 Å². The number of amides is 1. The quantitative estimate of drug-likeness (QED) is 0.800. The average molecular weight is 281 g/mol. The molecule has 1 heterocycles. The Morgan fingerprint density at radius 1 is 1.59 bits per heavy atom. The van der Waals surface area contributed by atoms with Crippen LogP contribution in [0.4, 0.5) is 8.78 Å². The number of halogens is 2. The number of carbonyl (C=O) groups excluding carboxylic acids is 1. The molecule has 0 aliphatic heterocycles. The van der Waals surface area contributed by atoms with Crippen molar-refractivity contribution in [3.05, 3.63) is 22.4 Å². The zero-order valence-corrected chi connectivity index (χ0v) is 10.6.